The summed E-state index contributed by atoms with van der Waals surface area (Å²) in [6.45, 7) is 6.51. The average molecular weight is 454 g/mol. The van der Waals surface area contributed by atoms with Crippen LogP contribution in [0.4, 0.5) is 4.79 Å². The Morgan fingerprint density at radius 2 is 1.78 bits per heavy atom. The van der Waals surface area contributed by atoms with Crippen LogP contribution in [0, 0.1) is 17.8 Å². The van der Waals surface area contributed by atoms with Gasteiger partial charge in [-0.2, -0.15) is 0 Å². The molecule has 182 valence electrons. The largest absolute Gasteiger partial charge is 0.480 e. The number of nitrogens with one attached hydrogen (secondary N) is 3. The van der Waals surface area contributed by atoms with Crippen molar-refractivity contribution >= 4 is 23.9 Å². The van der Waals surface area contributed by atoms with Gasteiger partial charge in [0.05, 0.1) is 0 Å². The van der Waals surface area contributed by atoms with E-state index in [-0.39, 0.29) is 24.3 Å². The number of carboxylic acid groups (broad SMARTS) is 1. The lowest BCUT2D eigenvalue weighted by Gasteiger charge is -2.29. The number of ether oxygens (including phenoxy) is 1. The fraction of sp³-hybridized carbons (Fsp3) is 0.826. The smallest absolute Gasteiger partial charge is 0.408 e. The summed E-state index contributed by atoms with van der Waals surface area (Å²) in [5.74, 6) is -1.63. The molecular formula is C23H39N3O6. The van der Waals surface area contributed by atoms with Gasteiger partial charge in [0, 0.05) is 12.5 Å². The van der Waals surface area contributed by atoms with Crippen molar-refractivity contribution in [2.75, 3.05) is 6.54 Å². The van der Waals surface area contributed by atoms with Crippen molar-refractivity contribution in [1.29, 1.82) is 0 Å². The molecule has 0 aromatic rings. The van der Waals surface area contributed by atoms with Crippen molar-refractivity contribution in [3.05, 3.63) is 0 Å². The van der Waals surface area contributed by atoms with E-state index < -0.39 is 36.0 Å². The van der Waals surface area contributed by atoms with E-state index in [2.05, 4.69) is 22.9 Å². The van der Waals surface area contributed by atoms with Gasteiger partial charge in [-0.1, -0.05) is 33.6 Å². The van der Waals surface area contributed by atoms with Crippen LogP contribution in [-0.4, -0.2) is 53.7 Å². The Labute approximate surface area is 190 Å². The molecule has 3 amide bonds. The number of rotatable bonds is 11. The van der Waals surface area contributed by atoms with Gasteiger partial charge < -0.3 is 25.8 Å². The molecule has 1 saturated heterocycles. The van der Waals surface area contributed by atoms with Crippen molar-refractivity contribution in [3.63, 3.8) is 0 Å². The van der Waals surface area contributed by atoms with Crippen LogP contribution in [0.3, 0.4) is 0 Å². The minimum Gasteiger partial charge on any atom is -0.480 e. The first-order valence-electron chi connectivity index (χ1n) is 12.0. The molecule has 0 radical (unpaired) electrons. The van der Waals surface area contributed by atoms with Crippen LogP contribution in [0.2, 0.25) is 0 Å². The molecule has 1 saturated carbocycles. The lowest BCUT2D eigenvalue weighted by atomic mass is 9.85. The summed E-state index contributed by atoms with van der Waals surface area (Å²) >= 11 is 0. The second kappa shape index (κ2) is 12.6. The van der Waals surface area contributed by atoms with Crippen LogP contribution in [0.1, 0.15) is 78.6 Å². The molecule has 2 fully saturated rings. The van der Waals surface area contributed by atoms with Gasteiger partial charge in [-0.3, -0.25) is 9.59 Å². The molecule has 0 bridgehead atoms. The molecule has 1 aliphatic heterocycles. The highest BCUT2D eigenvalue weighted by molar-refractivity contribution is 5.90. The zero-order chi connectivity index (χ0) is 23.7. The normalized spacial score (nSPS) is 25.0. The lowest BCUT2D eigenvalue weighted by Crippen LogP contribution is -2.53. The van der Waals surface area contributed by atoms with Crippen molar-refractivity contribution in [1.82, 2.24) is 16.0 Å². The molecule has 9 nitrogen and oxygen atoms in total. The molecule has 0 aromatic carbocycles. The van der Waals surface area contributed by atoms with E-state index in [1.54, 1.807) is 0 Å². The molecule has 2 rings (SSSR count). The second-order valence-corrected chi connectivity index (χ2v) is 9.57. The first kappa shape index (κ1) is 25.9. The zero-order valence-electron chi connectivity index (χ0n) is 19.5. The van der Waals surface area contributed by atoms with Gasteiger partial charge in [-0.05, 0) is 56.8 Å². The van der Waals surface area contributed by atoms with Gasteiger partial charge in [-0.25, -0.2) is 9.59 Å². The molecule has 0 aromatic heterocycles. The summed E-state index contributed by atoms with van der Waals surface area (Å²) in [7, 11) is 0. The summed E-state index contributed by atoms with van der Waals surface area (Å²) < 4.78 is 5.55. The van der Waals surface area contributed by atoms with Crippen LogP contribution >= 0.6 is 0 Å². The van der Waals surface area contributed by atoms with Gasteiger partial charge in [0.1, 0.15) is 18.2 Å². The minimum atomic E-state index is -1.20. The highest BCUT2D eigenvalue weighted by atomic mass is 16.6. The Bertz CT molecular complexity index is 660. The molecule has 9 heteroatoms. The number of hydrogen-bond acceptors (Lipinski definition) is 5. The maximum absolute atomic E-state index is 12.8. The van der Waals surface area contributed by atoms with Crippen molar-refractivity contribution in [2.24, 2.45) is 17.8 Å². The first-order valence-corrected chi connectivity index (χ1v) is 12.0. The van der Waals surface area contributed by atoms with Crippen LogP contribution in [0.5, 0.6) is 0 Å². The summed E-state index contributed by atoms with van der Waals surface area (Å²) in [5, 5.41) is 17.3. The Kier molecular flexibility index (Phi) is 10.3. The third kappa shape index (κ3) is 8.31. The van der Waals surface area contributed by atoms with Crippen LogP contribution in [0.15, 0.2) is 0 Å². The van der Waals surface area contributed by atoms with Crippen molar-refractivity contribution in [2.45, 2.75) is 96.7 Å². The molecule has 4 N–H and O–H groups in total. The Morgan fingerprint density at radius 1 is 1.09 bits per heavy atom. The fourth-order valence-electron chi connectivity index (χ4n) is 4.63. The number of carbonyl (C=O) groups excluding carboxylic acids is 3. The topological polar surface area (TPSA) is 134 Å². The predicted octanol–water partition coefficient (Wildman–Crippen LogP) is 2.58. The van der Waals surface area contributed by atoms with Gasteiger partial charge in [0.25, 0.3) is 0 Å². The third-order valence-electron chi connectivity index (χ3n) is 6.38. The maximum Gasteiger partial charge on any atom is 0.408 e. The predicted molar refractivity (Wildman–Crippen MR) is 119 cm³/mol. The standard InChI is InChI=1S/C23H39N3O6/c1-4-5-15-6-8-17(9-7-15)32-23(31)26-18(12-14(2)3)21(28)25-19(22(29)30)13-16-10-11-24-20(16)27/h14-19H,4-13H2,1-3H3,(H,24,27)(H,25,28)(H,26,31)(H,29,30)/t15?,16-,17?,18-,19-/m0/s1. The summed E-state index contributed by atoms with van der Waals surface area (Å²) in [4.78, 5) is 48.8. The van der Waals surface area contributed by atoms with Gasteiger partial charge in [0.2, 0.25) is 11.8 Å². The van der Waals surface area contributed by atoms with E-state index in [1.807, 2.05) is 13.8 Å². The van der Waals surface area contributed by atoms with E-state index >= 15 is 0 Å². The molecule has 0 unspecified atom stereocenters. The van der Waals surface area contributed by atoms with Crippen molar-refractivity contribution in [3.8, 4) is 0 Å². The number of amides is 3. The number of aliphatic carboxylic acids is 1. The number of hydrogen-bond donors (Lipinski definition) is 4. The molecule has 1 heterocycles. The van der Waals surface area contributed by atoms with Crippen molar-refractivity contribution < 1.29 is 29.0 Å². The minimum absolute atomic E-state index is 0.0206. The molecule has 0 spiro atoms. The van der Waals surface area contributed by atoms with E-state index in [0.717, 1.165) is 32.1 Å². The fourth-order valence-corrected chi connectivity index (χ4v) is 4.63. The van der Waals surface area contributed by atoms with E-state index in [0.29, 0.717) is 25.3 Å². The number of carboxylic acids is 1. The summed E-state index contributed by atoms with van der Waals surface area (Å²) in [6, 6.07) is -2.10. The zero-order valence-corrected chi connectivity index (χ0v) is 19.5. The number of carbonyl (C=O) groups is 4. The molecular weight excluding hydrogens is 414 g/mol. The van der Waals surface area contributed by atoms with Gasteiger partial charge >= 0.3 is 12.1 Å². The molecule has 32 heavy (non-hydrogen) atoms. The number of alkyl carbamates (subject to hydrolysis) is 1. The van der Waals surface area contributed by atoms with E-state index in [1.165, 1.54) is 6.42 Å². The maximum atomic E-state index is 12.8. The highest BCUT2D eigenvalue weighted by Crippen LogP contribution is 2.29. The first-order chi connectivity index (χ1) is 15.2. The monoisotopic (exact) mass is 453 g/mol. The molecule has 1 aliphatic carbocycles. The van der Waals surface area contributed by atoms with E-state index in [4.69, 9.17) is 4.74 Å². The Hall–Kier alpha value is -2.32. The van der Waals surface area contributed by atoms with E-state index in [9.17, 15) is 24.3 Å². The van der Waals surface area contributed by atoms with Crippen LogP contribution < -0.4 is 16.0 Å². The second-order valence-electron chi connectivity index (χ2n) is 9.57. The summed E-state index contributed by atoms with van der Waals surface area (Å²) in [5.41, 5.74) is 0. The molecule has 2 aliphatic rings. The Balaban J connectivity index is 1.91. The molecule has 3 atom stereocenters. The lowest BCUT2D eigenvalue weighted by molar-refractivity contribution is -0.143. The third-order valence-corrected chi connectivity index (χ3v) is 6.38. The SMILES string of the molecule is CCCC1CCC(OC(=O)N[C@@H](CC(C)C)C(=O)N[C@@H](C[C@@H]2CCNC2=O)C(=O)O)CC1. The van der Waals surface area contributed by atoms with Gasteiger partial charge in [0.15, 0.2) is 0 Å². The van der Waals surface area contributed by atoms with Gasteiger partial charge in [-0.15, -0.1) is 0 Å². The van der Waals surface area contributed by atoms with Crippen LogP contribution in [0.25, 0.3) is 0 Å². The summed E-state index contributed by atoms with van der Waals surface area (Å²) in [6.07, 6.45) is 6.19. The average Bonchev–Trinajstić information content (AvgIpc) is 3.12. The Morgan fingerprint density at radius 3 is 2.31 bits per heavy atom. The highest BCUT2D eigenvalue weighted by Gasteiger charge is 2.33. The van der Waals surface area contributed by atoms with Crippen LogP contribution in [-0.2, 0) is 19.1 Å². The quantitative estimate of drug-likeness (QED) is 0.380.